The van der Waals surface area contributed by atoms with Crippen LogP contribution < -0.4 is 5.32 Å². The Morgan fingerprint density at radius 1 is 1.27 bits per heavy atom. The minimum Gasteiger partial charge on any atom is -0.462 e. The van der Waals surface area contributed by atoms with Crippen LogP contribution in [0.4, 0.5) is 5.69 Å². The van der Waals surface area contributed by atoms with E-state index in [-0.39, 0.29) is 12.5 Å². The monoisotopic (exact) mass is 314 g/mol. The molecule has 1 aromatic carbocycles. The molecule has 0 bridgehead atoms. The van der Waals surface area contributed by atoms with Crippen LogP contribution in [0.15, 0.2) is 41.8 Å². The molecule has 1 amide bonds. The Bertz CT molecular complexity index is 690. The quantitative estimate of drug-likeness (QED) is 0.654. The van der Waals surface area contributed by atoms with Gasteiger partial charge in [0.25, 0.3) is 5.91 Å². The second-order valence-corrected chi connectivity index (χ2v) is 5.36. The van der Waals surface area contributed by atoms with E-state index in [1.165, 1.54) is 11.3 Å². The number of anilines is 1. The lowest BCUT2D eigenvalue weighted by atomic mass is 10.2. The van der Waals surface area contributed by atoms with Gasteiger partial charge >= 0.3 is 5.97 Å². The van der Waals surface area contributed by atoms with Crippen molar-refractivity contribution < 1.29 is 14.3 Å². The fourth-order valence-corrected chi connectivity index (χ4v) is 2.34. The molecule has 0 fully saturated rings. The first kappa shape index (κ1) is 15.7. The molecule has 5 nitrogen and oxygen atoms in total. The Kier molecular flexibility index (Phi) is 5.69. The Labute approximate surface area is 132 Å². The highest BCUT2D eigenvalue weighted by molar-refractivity contribution is 7.12. The molecule has 0 saturated heterocycles. The van der Waals surface area contributed by atoms with E-state index in [2.05, 4.69) is 5.32 Å². The number of rotatable bonds is 6. The summed E-state index contributed by atoms with van der Waals surface area (Å²) in [6.07, 6.45) is 0.862. The van der Waals surface area contributed by atoms with Crippen molar-refractivity contribution in [1.82, 2.24) is 0 Å². The Balaban J connectivity index is 1.96. The predicted octanol–water partition coefficient (Wildman–Crippen LogP) is 3.46. The lowest BCUT2D eigenvalue weighted by Crippen LogP contribution is -2.11. The summed E-state index contributed by atoms with van der Waals surface area (Å²) in [6, 6.07) is 12.1. The van der Waals surface area contributed by atoms with Gasteiger partial charge in [0.15, 0.2) is 0 Å². The van der Waals surface area contributed by atoms with Crippen LogP contribution in [0.5, 0.6) is 0 Å². The highest BCUT2D eigenvalue weighted by Gasteiger charge is 2.10. The second-order valence-electron chi connectivity index (χ2n) is 4.41. The molecule has 0 radical (unpaired) electrons. The first-order valence-corrected chi connectivity index (χ1v) is 7.57. The van der Waals surface area contributed by atoms with Gasteiger partial charge in [0, 0.05) is 12.1 Å². The van der Waals surface area contributed by atoms with Crippen molar-refractivity contribution in [2.75, 3.05) is 11.9 Å². The summed E-state index contributed by atoms with van der Waals surface area (Å²) in [5.41, 5.74) is 0.894. The van der Waals surface area contributed by atoms with Gasteiger partial charge in [0.1, 0.15) is 0 Å². The summed E-state index contributed by atoms with van der Waals surface area (Å²) >= 11 is 1.35. The molecule has 0 saturated carbocycles. The molecule has 0 spiro atoms. The number of nitrogens with zero attached hydrogens (tertiary/aromatic N) is 1. The fraction of sp³-hybridized carbons (Fsp3) is 0.188. The molecule has 0 aliphatic rings. The highest BCUT2D eigenvalue weighted by Crippen LogP contribution is 2.15. The molecule has 0 aliphatic carbocycles. The maximum atomic E-state index is 12.0. The zero-order valence-corrected chi connectivity index (χ0v) is 12.6. The summed E-state index contributed by atoms with van der Waals surface area (Å²) in [4.78, 5) is 24.4. The molecule has 1 aromatic heterocycles. The van der Waals surface area contributed by atoms with Crippen LogP contribution in [-0.4, -0.2) is 18.5 Å². The van der Waals surface area contributed by atoms with Gasteiger partial charge in [0.05, 0.1) is 23.1 Å². The van der Waals surface area contributed by atoms with Crippen LogP contribution in [0.25, 0.3) is 0 Å². The lowest BCUT2D eigenvalue weighted by molar-refractivity contribution is 0.0501. The second kappa shape index (κ2) is 7.96. The first-order valence-electron chi connectivity index (χ1n) is 6.69. The zero-order chi connectivity index (χ0) is 15.8. The topological polar surface area (TPSA) is 79.2 Å². The van der Waals surface area contributed by atoms with Crippen molar-refractivity contribution in [2.24, 2.45) is 0 Å². The van der Waals surface area contributed by atoms with Gasteiger partial charge in [-0.05, 0) is 36.1 Å². The Morgan fingerprint density at radius 3 is 2.86 bits per heavy atom. The van der Waals surface area contributed by atoms with Gasteiger partial charge < -0.3 is 10.1 Å². The fourth-order valence-electron chi connectivity index (χ4n) is 1.72. The molecule has 112 valence electrons. The molecule has 0 atom stereocenters. The minimum absolute atomic E-state index is 0.207. The molecule has 1 heterocycles. The maximum Gasteiger partial charge on any atom is 0.338 e. The molecule has 22 heavy (non-hydrogen) atoms. The van der Waals surface area contributed by atoms with Gasteiger partial charge in [-0.3, -0.25) is 4.79 Å². The van der Waals surface area contributed by atoms with E-state index in [0.717, 1.165) is 0 Å². The van der Waals surface area contributed by atoms with Gasteiger partial charge in [-0.1, -0.05) is 12.1 Å². The number of hydrogen-bond acceptors (Lipinski definition) is 5. The van der Waals surface area contributed by atoms with Gasteiger partial charge in [-0.25, -0.2) is 4.79 Å². The van der Waals surface area contributed by atoms with Gasteiger partial charge in [0.2, 0.25) is 0 Å². The third-order valence-corrected chi connectivity index (χ3v) is 3.64. The van der Waals surface area contributed by atoms with Crippen molar-refractivity contribution in [1.29, 1.82) is 5.26 Å². The summed E-state index contributed by atoms with van der Waals surface area (Å²) in [6.45, 7) is 0.207. The number of esters is 1. The smallest absolute Gasteiger partial charge is 0.338 e. The first-order chi connectivity index (χ1) is 10.7. The summed E-state index contributed by atoms with van der Waals surface area (Å²) < 4.78 is 5.06. The summed E-state index contributed by atoms with van der Waals surface area (Å²) in [5, 5.41) is 13.0. The number of hydrogen-bond donors (Lipinski definition) is 1. The third kappa shape index (κ3) is 4.43. The van der Waals surface area contributed by atoms with Crippen LogP contribution in [-0.2, 0) is 4.74 Å². The van der Waals surface area contributed by atoms with Crippen molar-refractivity contribution in [3.05, 3.63) is 52.2 Å². The normalized spacial score (nSPS) is 9.77. The van der Waals surface area contributed by atoms with Crippen molar-refractivity contribution in [3.63, 3.8) is 0 Å². The largest absolute Gasteiger partial charge is 0.462 e. The standard InChI is InChI=1S/C16H14N2O3S/c17-8-1-2-9-21-16(20)12-5-3-6-13(11-12)18-15(19)14-7-4-10-22-14/h3-7,10-11H,1-2,9H2,(H,18,19). The van der Waals surface area contributed by atoms with Gasteiger partial charge in [-0.2, -0.15) is 5.26 Å². The van der Waals surface area contributed by atoms with E-state index < -0.39 is 5.97 Å². The number of nitriles is 1. The average molecular weight is 314 g/mol. The minimum atomic E-state index is -0.467. The highest BCUT2D eigenvalue weighted by atomic mass is 32.1. The Hall–Kier alpha value is -2.65. The van der Waals surface area contributed by atoms with E-state index in [1.807, 2.05) is 11.4 Å². The van der Waals surface area contributed by atoms with Crippen molar-refractivity contribution in [2.45, 2.75) is 12.8 Å². The molecule has 0 unspecified atom stereocenters. The van der Waals surface area contributed by atoms with E-state index in [0.29, 0.717) is 29.0 Å². The summed E-state index contributed by atoms with van der Waals surface area (Å²) in [7, 11) is 0. The van der Waals surface area contributed by atoms with Crippen LogP contribution in [0.3, 0.4) is 0 Å². The molecule has 6 heteroatoms. The van der Waals surface area contributed by atoms with Crippen molar-refractivity contribution >= 4 is 28.9 Å². The van der Waals surface area contributed by atoms with Gasteiger partial charge in [-0.15, -0.1) is 11.3 Å². The van der Waals surface area contributed by atoms with E-state index in [9.17, 15) is 9.59 Å². The van der Waals surface area contributed by atoms with E-state index >= 15 is 0 Å². The molecule has 2 aromatic rings. The number of ether oxygens (including phenoxy) is 1. The number of nitrogens with one attached hydrogen (secondary N) is 1. The van der Waals surface area contributed by atoms with E-state index in [4.69, 9.17) is 10.00 Å². The number of benzene rings is 1. The third-order valence-electron chi connectivity index (χ3n) is 2.77. The van der Waals surface area contributed by atoms with Crippen molar-refractivity contribution in [3.8, 4) is 6.07 Å². The molecular formula is C16H14N2O3S. The number of amides is 1. The number of carbonyl (C=O) groups is 2. The molecule has 2 rings (SSSR count). The van der Waals surface area contributed by atoms with Crippen LogP contribution >= 0.6 is 11.3 Å². The van der Waals surface area contributed by atoms with E-state index in [1.54, 1.807) is 36.4 Å². The maximum absolute atomic E-state index is 12.0. The SMILES string of the molecule is N#CCCCOC(=O)c1cccc(NC(=O)c2cccs2)c1. The number of thiophene rings is 1. The number of carbonyl (C=O) groups excluding carboxylic acids is 2. The predicted molar refractivity (Wildman–Crippen MR) is 83.8 cm³/mol. The lowest BCUT2D eigenvalue weighted by Gasteiger charge is -2.07. The van der Waals surface area contributed by atoms with Crippen LogP contribution in [0.1, 0.15) is 32.9 Å². The molecular weight excluding hydrogens is 300 g/mol. The average Bonchev–Trinajstić information content (AvgIpc) is 3.06. The van der Waals surface area contributed by atoms with Crippen LogP contribution in [0.2, 0.25) is 0 Å². The zero-order valence-electron chi connectivity index (χ0n) is 11.7. The molecule has 1 N–H and O–H groups in total. The Morgan fingerprint density at radius 2 is 2.14 bits per heavy atom. The summed E-state index contributed by atoms with van der Waals surface area (Å²) in [5.74, 6) is -0.681. The van der Waals surface area contributed by atoms with Crippen LogP contribution in [0, 0.1) is 11.3 Å². The number of unbranched alkanes of at least 4 members (excludes halogenated alkanes) is 1. The molecule has 0 aliphatic heterocycles.